The molecule has 1 aliphatic rings. The third kappa shape index (κ3) is 2.38. The predicted molar refractivity (Wildman–Crippen MR) is 55.1 cm³/mol. The van der Waals surface area contributed by atoms with Crippen molar-refractivity contribution in [2.45, 2.75) is 32.2 Å². The van der Waals surface area contributed by atoms with Gasteiger partial charge in [-0.15, -0.1) is 0 Å². The summed E-state index contributed by atoms with van der Waals surface area (Å²) in [6.45, 7) is 3.19. The lowest BCUT2D eigenvalue weighted by atomic mass is 9.91. The molecule has 0 atom stereocenters. The first kappa shape index (κ1) is 11.3. The number of hydrogen-bond acceptors (Lipinski definition) is 2. The van der Waals surface area contributed by atoms with Gasteiger partial charge < -0.3 is 14.9 Å². The van der Waals surface area contributed by atoms with Crippen LogP contribution in [-0.2, 0) is 0 Å². The normalized spacial score (nSPS) is 16.2. The molecule has 1 N–H and O–H groups in total. The Balaban J connectivity index is 2.51. The number of urea groups is 1. The highest BCUT2D eigenvalue weighted by Gasteiger charge is 2.29. The Morgan fingerprint density at radius 1 is 1.50 bits per heavy atom. The summed E-state index contributed by atoms with van der Waals surface area (Å²) >= 11 is 0. The van der Waals surface area contributed by atoms with Crippen molar-refractivity contribution in [1.29, 1.82) is 0 Å². The summed E-state index contributed by atoms with van der Waals surface area (Å²) in [4.78, 5) is 15.3. The molecule has 2 amide bonds. The minimum absolute atomic E-state index is 0.0475. The molecule has 0 unspecified atom stereocenters. The maximum atomic E-state index is 11.8. The number of carbonyl (C=O) groups excluding carboxylic acids is 1. The number of aliphatic hydroxyl groups is 1. The van der Waals surface area contributed by atoms with E-state index in [2.05, 4.69) is 0 Å². The van der Waals surface area contributed by atoms with Crippen LogP contribution in [-0.4, -0.2) is 53.7 Å². The average molecular weight is 200 g/mol. The molecular weight excluding hydrogens is 180 g/mol. The van der Waals surface area contributed by atoms with Gasteiger partial charge in [0.1, 0.15) is 0 Å². The van der Waals surface area contributed by atoms with Crippen molar-refractivity contribution in [3.8, 4) is 0 Å². The van der Waals surface area contributed by atoms with Crippen molar-refractivity contribution in [1.82, 2.24) is 9.80 Å². The van der Waals surface area contributed by atoms with Crippen LogP contribution in [0.15, 0.2) is 0 Å². The molecule has 0 bridgehead atoms. The second-order valence-electron chi connectivity index (χ2n) is 3.80. The van der Waals surface area contributed by atoms with Gasteiger partial charge in [-0.2, -0.15) is 0 Å². The zero-order chi connectivity index (χ0) is 10.6. The zero-order valence-electron chi connectivity index (χ0n) is 9.07. The maximum Gasteiger partial charge on any atom is 0.320 e. The number of aliphatic hydroxyl groups excluding tert-OH is 1. The van der Waals surface area contributed by atoms with E-state index in [0.717, 1.165) is 12.8 Å². The van der Waals surface area contributed by atoms with Gasteiger partial charge in [-0.25, -0.2) is 4.79 Å². The summed E-state index contributed by atoms with van der Waals surface area (Å²) in [5, 5.41) is 8.90. The molecule has 0 heterocycles. The molecule has 4 heteroatoms. The molecule has 0 saturated heterocycles. The summed E-state index contributed by atoms with van der Waals surface area (Å²) in [7, 11) is 1.80. The van der Waals surface area contributed by atoms with Crippen LogP contribution in [0, 0.1) is 0 Å². The van der Waals surface area contributed by atoms with Gasteiger partial charge in [-0.05, 0) is 26.2 Å². The average Bonchev–Trinajstić information content (AvgIpc) is 2.12. The standard InChI is InChI=1S/C10H20N2O2/c1-3-11(2)10(14)12(7-8-13)9-5-4-6-9/h9,13H,3-8H2,1-2H3. The van der Waals surface area contributed by atoms with Gasteiger partial charge in [0.2, 0.25) is 0 Å². The van der Waals surface area contributed by atoms with Crippen LogP contribution in [0.2, 0.25) is 0 Å². The largest absolute Gasteiger partial charge is 0.395 e. The Kier molecular flexibility index (Phi) is 4.20. The Labute approximate surface area is 85.5 Å². The molecule has 0 aliphatic heterocycles. The highest BCUT2D eigenvalue weighted by molar-refractivity contribution is 5.74. The minimum Gasteiger partial charge on any atom is -0.395 e. The van der Waals surface area contributed by atoms with Gasteiger partial charge in [0.05, 0.1) is 6.61 Å². The first-order chi connectivity index (χ1) is 6.70. The van der Waals surface area contributed by atoms with Gasteiger partial charge in [-0.1, -0.05) is 0 Å². The molecule has 0 radical (unpaired) electrons. The van der Waals surface area contributed by atoms with Crippen molar-refractivity contribution in [2.75, 3.05) is 26.7 Å². The fourth-order valence-corrected chi connectivity index (χ4v) is 1.60. The van der Waals surface area contributed by atoms with E-state index in [1.165, 1.54) is 6.42 Å². The highest BCUT2D eigenvalue weighted by atomic mass is 16.3. The maximum absolute atomic E-state index is 11.8. The van der Waals surface area contributed by atoms with E-state index in [0.29, 0.717) is 19.1 Å². The number of carbonyl (C=O) groups is 1. The van der Waals surface area contributed by atoms with Gasteiger partial charge in [-0.3, -0.25) is 0 Å². The third-order valence-corrected chi connectivity index (χ3v) is 2.90. The molecule has 14 heavy (non-hydrogen) atoms. The van der Waals surface area contributed by atoms with Crippen LogP contribution in [0.5, 0.6) is 0 Å². The Morgan fingerprint density at radius 3 is 2.50 bits per heavy atom. The lowest BCUT2D eigenvalue weighted by molar-refractivity contribution is 0.0983. The number of amides is 2. The van der Waals surface area contributed by atoms with Crippen LogP contribution in [0.25, 0.3) is 0 Å². The van der Waals surface area contributed by atoms with Crippen molar-refractivity contribution in [3.63, 3.8) is 0 Å². The van der Waals surface area contributed by atoms with Gasteiger partial charge in [0.25, 0.3) is 0 Å². The SMILES string of the molecule is CCN(C)C(=O)N(CCO)C1CCC1. The third-order valence-electron chi connectivity index (χ3n) is 2.90. The molecule has 1 fully saturated rings. The van der Waals surface area contributed by atoms with E-state index >= 15 is 0 Å². The summed E-state index contributed by atoms with van der Waals surface area (Å²) in [6, 6.07) is 0.412. The van der Waals surface area contributed by atoms with Gasteiger partial charge >= 0.3 is 6.03 Å². The molecule has 4 nitrogen and oxygen atoms in total. The molecule has 82 valence electrons. The predicted octanol–water partition coefficient (Wildman–Crippen LogP) is 0.905. The monoisotopic (exact) mass is 200 g/mol. The number of rotatable bonds is 4. The van der Waals surface area contributed by atoms with Crippen molar-refractivity contribution < 1.29 is 9.90 Å². The Morgan fingerprint density at radius 2 is 2.14 bits per heavy atom. The molecule has 1 saturated carbocycles. The minimum atomic E-state index is 0.0475. The number of nitrogens with zero attached hydrogens (tertiary/aromatic N) is 2. The second-order valence-corrected chi connectivity index (χ2v) is 3.80. The highest BCUT2D eigenvalue weighted by Crippen LogP contribution is 2.25. The molecule has 0 aromatic carbocycles. The van der Waals surface area contributed by atoms with E-state index in [1.807, 2.05) is 6.92 Å². The van der Waals surface area contributed by atoms with E-state index in [1.54, 1.807) is 16.8 Å². The number of hydrogen-bond donors (Lipinski definition) is 1. The van der Waals surface area contributed by atoms with E-state index in [9.17, 15) is 4.79 Å². The Hall–Kier alpha value is -0.770. The molecule has 0 spiro atoms. The lowest BCUT2D eigenvalue weighted by Gasteiger charge is -2.39. The summed E-state index contributed by atoms with van der Waals surface area (Å²) < 4.78 is 0. The quantitative estimate of drug-likeness (QED) is 0.733. The van der Waals surface area contributed by atoms with Gasteiger partial charge in [0, 0.05) is 26.2 Å². The fourth-order valence-electron chi connectivity index (χ4n) is 1.60. The van der Waals surface area contributed by atoms with Crippen molar-refractivity contribution >= 4 is 6.03 Å². The molecule has 1 rings (SSSR count). The van der Waals surface area contributed by atoms with E-state index in [-0.39, 0.29) is 12.6 Å². The summed E-state index contributed by atoms with van der Waals surface area (Å²) in [5.41, 5.74) is 0. The first-order valence-electron chi connectivity index (χ1n) is 5.33. The van der Waals surface area contributed by atoms with Crippen molar-refractivity contribution in [2.24, 2.45) is 0 Å². The smallest absolute Gasteiger partial charge is 0.320 e. The summed E-state index contributed by atoms with van der Waals surface area (Å²) in [6.07, 6.45) is 3.38. The van der Waals surface area contributed by atoms with Crippen molar-refractivity contribution in [3.05, 3.63) is 0 Å². The second kappa shape index (κ2) is 5.20. The van der Waals surface area contributed by atoms with E-state index < -0.39 is 0 Å². The van der Waals surface area contributed by atoms with Crippen LogP contribution in [0.1, 0.15) is 26.2 Å². The summed E-state index contributed by atoms with van der Waals surface area (Å²) in [5.74, 6) is 0. The molecule has 1 aliphatic carbocycles. The van der Waals surface area contributed by atoms with Gasteiger partial charge in [0.15, 0.2) is 0 Å². The van der Waals surface area contributed by atoms with E-state index in [4.69, 9.17) is 5.11 Å². The Bertz CT molecular complexity index is 193. The van der Waals surface area contributed by atoms with Crippen LogP contribution in [0.3, 0.4) is 0 Å². The fraction of sp³-hybridized carbons (Fsp3) is 0.900. The van der Waals surface area contributed by atoms with Crippen LogP contribution >= 0.6 is 0 Å². The molecule has 0 aromatic heterocycles. The molecular formula is C10H20N2O2. The van der Waals surface area contributed by atoms with Crippen LogP contribution < -0.4 is 0 Å². The lowest BCUT2D eigenvalue weighted by Crippen LogP contribution is -2.50. The first-order valence-corrected chi connectivity index (χ1v) is 5.33. The topological polar surface area (TPSA) is 43.8 Å². The molecule has 0 aromatic rings. The zero-order valence-corrected chi connectivity index (χ0v) is 9.07. The van der Waals surface area contributed by atoms with Crippen LogP contribution in [0.4, 0.5) is 4.79 Å².